The largest absolute Gasteiger partial charge is 0.508 e. The van der Waals surface area contributed by atoms with Crippen LogP contribution < -0.4 is 14.8 Å². The van der Waals surface area contributed by atoms with Gasteiger partial charge in [0.1, 0.15) is 17.2 Å². The van der Waals surface area contributed by atoms with Gasteiger partial charge in [-0.15, -0.1) is 0 Å². The molecule has 132 valence electrons. The maximum atomic E-state index is 11.8. The fourth-order valence-electron chi connectivity index (χ4n) is 2.20. The lowest BCUT2D eigenvalue weighted by Crippen LogP contribution is -2.42. The number of carbonyl (C=O) groups excluding carboxylic acids is 2. The summed E-state index contributed by atoms with van der Waals surface area (Å²) in [5.74, 6) is 0.711. The highest BCUT2D eigenvalue weighted by atomic mass is 16.6. The molecule has 2 rings (SSSR count). The van der Waals surface area contributed by atoms with E-state index in [1.165, 1.54) is 6.07 Å². The van der Waals surface area contributed by atoms with E-state index in [-0.39, 0.29) is 17.0 Å². The molecule has 0 aliphatic rings. The van der Waals surface area contributed by atoms with E-state index >= 15 is 0 Å². The number of amides is 1. The Morgan fingerprint density at radius 1 is 1.16 bits per heavy atom. The Kier molecular flexibility index (Phi) is 5.64. The summed E-state index contributed by atoms with van der Waals surface area (Å²) in [7, 11) is 0. The van der Waals surface area contributed by atoms with E-state index in [0.29, 0.717) is 24.2 Å². The molecule has 0 bridgehead atoms. The number of hydrogen-bond acceptors (Lipinski definition) is 5. The highest BCUT2D eigenvalue weighted by Crippen LogP contribution is 2.26. The van der Waals surface area contributed by atoms with Crippen molar-refractivity contribution in [3.63, 3.8) is 0 Å². The van der Waals surface area contributed by atoms with Crippen LogP contribution in [0.3, 0.4) is 0 Å². The number of phenolic OH excluding ortho intramolecular Hbond substituents is 1. The van der Waals surface area contributed by atoms with Gasteiger partial charge in [0.05, 0.1) is 0 Å². The number of carbonyl (C=O) groups is 2. The Morgan fingerprint density at radius 2 is 1.92 bits per heavy atom. The molecule has 2 N–H and O–H groups in total. The van der Waals surface area contributed by atoms with E-state index in [1.54, 1.807) is 30.3 Å². The van der Waals surface area contributed by atoms with Crippen molar-refractivity contribution in [1.29, 1.82) is 0 Å². The summed E-state index contributed by atoms with van der Waals surface area (Å²) in [6, 6.07) is 11.7. The molecular formula is C19H21NO5. The minimum atomic E-state index is -0.525. The lowest BCUT2D eigenvalue weighted by atomic mass is 10.0. The first-order chi connectivity index (χ1) is 11.8. The maximum absolute atomic E-state index is 11.8. The Hall–Kier alpha value is -3.02. The summed E-state index contributed by atoms with van der Waals surface area (Å²) in [4.78, 5) is 22.2. The third kappa shape index (κ3) is 5.84. The van der Waals surface area contributed by atoms with Gasteiger partial charge in [0.2, 0.25) is 0 Å². The van der Waals surface area contributed by atoms with Gasteiger partial charge in [-0.3, -0.25) is 4.79 Å². The van der Waals surface area contributed by atoms with Crippen LogP contribution in [0.25, 0.3) is 0 Å². The minimum Gasteiger partial charge on any atom is -0.508 e. The first-order valence-corrected chi connectivity index (χ1v) is 7.78. The molecule has 6 heteroatoms. The highest BCUT2D eigenvalue weighted by molar-refractivity contribution is 5.71. The SMILES string of the molecule is CC(C)(C)NC(=O)Oc1cccc(Cc2ccc(OC=O)cc2O)c1. The molecule has 0 fully saturated rings. The van der Waals surface area contributed by atoms with Gasteiger partial charge >= 0.3 is 6.09 Å². The molecule has 25 heavy (non-hydrogen) atoms. The number of rotatable bonds is 5. The fraction of sp³-hybridized carbons (Fsp3) is 0.263. The second-order valence-corrected chi connectivity index (χ2v) is 6.59. The molecule has 0 radical (unpaired) electrons. The maximum Gasteiger partial charge on any atom is 0.413 e. The number of benzene rings is 2. The molecule has 1 amide bonds. The Balaban J connectivity index is 2.09. The van der Waals surface area contributed by atoms with Gasteiger partial charge in [0, 0.05) is 18.0 Å². The van der Waals surface area contributed by atoms with E-state index in [2.05, 4.69) is 10.1 Å². The van der Waals surface area contributed by atoms with Crippen LogP contribution in [0.4, 0.5) is 4.79 Å². The Morgan fingerprint density at radius 3 is 2.56 bits per heavy atom. The van der Waals surface area contributed by atoms with Crippen LogP contribution in [0.1, 0.15) is 31.9 Å². The lowest BCUT2D eigenvalue weighted by Gasteiger charge is -2.19. The van der Waals surface area contributed by atoms with E-state index in [4.69, 9.17) is 4.74 Å². The molecule has 2 aromatic rings. The number of ether oxygens (including phenoxy) is 2. The van der Waals surface area contributed by atoms with Crippen LogP contribution in [0.2, 0.25) is 0 Å². The normalized spacial score (nSPS) is 10.8. The molecular weight excluding hydrogens is 322 g/mol. The summed E-state index contributed by atoms with van der Waals surface area (Å²) in [6.45, 7) is 5.90. The Labute approximate surface area is 146 Å². The summed E-state index contributed by atoms with van der Waals surface area (Å²) in [5.41, 5.74) is 1.14. The monoisotopic (exact) mass is 343 g/mol. The van der Waals surface area contributed by atoms with Crippen LogP contribution in [0.5, 0.6) is 17.2 Å². The minimum absolute atomic E-state index is 0.0242. The molecule has 0 spiro atoms. The predicted octanol–water partition coefficient (Wildman–Crippen LogP) is 3.41. The van der Waals surface area contributed by atoms with Crippen LogP contribution in [-0.4, -0.2) is 23.2 Å². The summed E-state index contributed by atoms with van der Waals surface area (Å²) >= 11 is 0. The summed E-state index contributed by atoms with van der Waals surface area (Å²) in [5, 5.41) is 12.8. The van der Waals surface area contributed by atoms with Gasteiger partial charge in [-0.25, -0.2) is 4.79 Å². The molecule has 2 aromatic carbocycles. The number of hydrogen-bond donors (Lipinski definition) is 2. The van der Waals surface area contributed by atoms with Gasteiger partial charge < -0.3 is 19.9 Å². The first-order valence-electron chi connectivity index (χ1n) is 7.78. The molecule has 0 heterocycles. The van der Waals surface area contributed by atoms with Crippen LogP contribution in [0, 0.1) is 0 Å². The van der Waals surface area contributed by atoms with Gasteiger partial charge in [-0.05, 0) is 50.1 Å². The average Bonchev–Trinajstić information content (AvgIpc) is 2.49. The summed E-state index contributed by atoms with van der Waals surface area (Å²) < 4.78 is 9.97. The zero-order valence-electron chi connectivity index (χ0n) is 14.4. The van der Waals surface area contributed by atoms with Crippen LogP contribution in [-0.2, 0) is 11.2 Å². The van der Waals surface area contributed by atoms with Crippen molar-refractivity contribution in [2.75, 3.05) is 0 Å². The van der Waals surface area contributed by atoms with Gasteiger partial charge in [0.25, 0.3) is 6.47 Å². The van der Waals surface area contributed by atoms with E-state index in [9.17, 15) is 14.7 Å². The molecule has 0 saturated heterocycles. The van der Waals surface area contributed by atoms with Crippen molar-refractivity contribution in [3.8, 4) is 17.2 Å². The first kappa shape index (κ1) is 18.3. The zero-order valence-corrected chi connectivity index (χ0v) is 14.4. The molecule has 6 nitrogen and oxygen atoms in total. The molecule has 0 saturated carbocycles. The standard InChI is InChI=1S/C19H21NO5/c1-19(2,3)20-18(23)25-16-6-4-5-13(10-16)9-14-7-8-15(24-12-21)11-17(14)22/h4-8,10-12,22H,9H2,1-3H3,(H,20,23). The van der Waals surface area contributed by atoms with E-state index < -0.39 is 6.09 Å². The van der Waals surface area contributed by atoms with Crippen molar-refractivity contribution in [1.82, 2.24) is 5.32 Å². The van der Waals surface area contributed by atoms with Crippen molar-refractivity contribution in [2.24, 2.45) is 0 Å². The smallest absolute Gasteiger partial charge is 0.413 e. The van der Waals surface area contributed by atoms with Crippen LogP contribution in [0.15, 0.2) is 42.5 Å². The van der Waals surface area contributed by atoms with Gasteiger partial charge in [0.15, 0.2) is 0 Å². The second kappa shape index (κ2) is 7.70. The van der Waals surface area contributed by atoms with Gasteiger partial charge in [-0.2, -0.15) is 0 Å². The summed E-state index contributed by atoms with van der Waals surface area (Å²) in [6.07, 6.45) is -0.0893. The van der Waals surface area contributed by atoms with Crippen molar-refractivity contribution in [2.45, 2.75) is 32.7 Å². The number of phenols is 1. The van der Waals surface area contributed by atoms with Gasteiger partial charge in [-0.1, -0.05) is 18.2 Å². The Bertz CT molecular complexity index is 765. The second-order valence-electron chi connectivity index (χ2n) is 6.59. The predicted molar refractivity (Wildman–Crippen MR) is 93.0 cm³/mol. The molecule has 0 aromatic heterocycles. The third-order valence-corrected chi connectivity index (χ3v) is 3.22. The van der Waals surface area contributed by atoms with Crippen LogP contribution >= 0.6 is 0 Å². The van der Waals surface area contributed by atoms with Crippen molar-refractivity contribution >= 4 is 12.6 Å². The molecule has 0 aliphatic carbocycles. The lowest BCUT2D eigenvalue weighted by molar-refractivity contribution is -0.120. The highest BCUT2D eigenvalue weighted by Gasteiger charge is 2.15. The quantitative estimate of drug-likeness (QED) is 0.813. The fourth-order valence-corrected chi connectivity index (χ4v) is 2.20. The van der Waals surface area contributed by atoms with E-state index in [1.807, 2.05) is 26.8 Å². The van der Waals surface area contributed by atoms with Crippen molar-refractivity contribution < 1.29 is 24.2 Å². The topological polar surface area (TPSA) is 84.9 Å². The number of aromatic hydroxyl groups is 1. The van der Waals surface area contributed by atoms with E-state index in [0.717, 1.165) is 5.56 Å². The van der Waals surface area contributed by atoms with Crippen molar-refractivity contribution in [3.05, 3.63) is 53.6 Å². The molecule has 0 aliphatic heterocycles. The molecule has 0 atom stereocenters. The molecule has 0 unspecified atom stereocenters. The average molecular weight is 343 g/mol. The number of nitrogens with one attached hydrogen (secondary N) is 1. The zero-order chi connectivity index (χ0) is 18.4. The third-order valence-electron chi connectivity index (χ3n) is 3.22.